The fourth-order valence-corrected chi connectivity index (χ4v) is 8.15. The lowest BCUT2D eigenvalue weighted by Crippen LogP contribution is -2.52. The fraction of sp³-hybridized carbons (Fsp3) is 0.462. The van der Waals surface area contributed by atoms with Crippen LogP contribution in [-0.4, -0.2) is 4.40 Å². The molecule has 1 aliphatic rings. The lowest BCUT2D eigenvalue weighted by Gasteiger charge is -2.39. The molecule has 0 N–H and O–H groups in total. The van der Waals surface area contributed by atoms with Crippen LogP contribution in [0.25, 0.3) is 38.6 Å². The summed E-state index contributed by atoms with van der Waals surface area (Å²) in [6.45, 7) is 23.7. The number of pyridine rings is 1. The van der Waals surface area contributed by atoms with Crippen molar-refractivity contribution in [1.29, 1.82) is 0 Å². The molecule has 3 heterocycles. The van der Waals surface area contributed by atoms with Crippen LogP contribution in [0.1, 0.15) is 122 Å². The molecule has 1 atom stereocenters. The SMILES string of the molecule is CCC1(CC)c2cccc3c4cc(CC(C)(C)C)ccc4n4c(-c5c(C(C)C)cccc5C(C)C)c[n+](c4c23)C1C. The van der Waals surface area contributed by atoms with E-state index in [1.165, 1.54) is 60.8 Å². The molecule has 0 radical (unpaired) electrons. The first-order chi connectivity index (χ1) is 19.4. The predicted molar refractivity (Wildman–Crippen MR) is 176 cm³/mol. The van der Waals surface area contributed by atoms with Gasteiger partial charge in [-0.05, 0) is 77.8 Å². The van der Waals surface area contributed by atoms with Gasteiger partial charge >= 0.3 is 0 Å². The first-order valence-corrected chi connectivity index (χ1v) is 16.0. The maximum Gasteiger partial charge on any atom is 0.295 e. The van der Waals surface area contributed by atoms with E-state index in [1.54, 1.807) is 0 Å². The molecule has 3 aromatic carbocycles. The van der Waals surface area contributed by atoms with Crippen molar-refractivity contribution < 1.29 is 4.57 Å². The zero-order valence-corrected chi connectivity index (χ0v) is 27.0. The van der Waals surface area contributed by atoms with Crippen molar-refractivity contribution in [2.45, 2.75) is 112 Å². The third-order valence-electron chi connectivity index (χ3n) is 10.2. The van der Waals surface area contributed by atoms with Crippen LogP contribution in [0.4, 0.5) is 0 Å². The molecule has 2 heteroatoms. The molecule has 0 spiro atoms. The van der Waals surface area contributed by atoms with Crippen LogP contribution in [-0.2, 0) is 11.8 Å². The van der Waals surface area contributed by atoms with Gasteiger partial charge in [0.15, 0.2) is 5.69 Å². The molecule has 1 unspecified atom stereocenters. The van der Waals surface area contributed by atoms with Gasteiger partial charge in [-0.15, -0.1) is 0 Å². The summed E-state index contributed by atoms with van der Waals surface area (Å²) in [7, 11) is 0. The van der Waals surface area contributed by atoms with Crippen LogP contribution in [0.2, 0.25) is 0 Å². The largest absolute Gasteiger partial charge is 0.295 e. The second-order valence-electron chi connectivity index (χ2n) is 14.6. The summed E-state index contributed by atoms with van der Waals surface area (Å²) in [5.41, 5.74) is 11.6. The maximum absolute atomic E-state index is 2.65. The van der Waals surface area contributed by atoms with Gasteiger partial charge in [0.25, 0.3) is 5.65 Å². The molecule has 0 saturated heterocycles. The molecule has 0 fully saturated rings. The summed E-state index contributed by atoms with van der Waals surface area (Å²) in [5, 5.41) is 4.23. The van der Waals surface area contributed by atoms with Crippen molar-refractivity contribution in [3.8, 4) is 11.3 Å². The molecule has 0 bridgehead atoms. The normalized spacial score (nSPS) is 16.7. The summed E-state index contributed by atoms with van der Waals surface area (Å²) in [5.74, 6) is 0.882. The molecule has 0 amide bonds. The van der Waals surface area contributed by atoms with Gasteiger partial charge in [0, 0.05) is 21.8 Å². The van der Waals surface area contributed by atoms with Crippen molar-refractivity contribution in [2.24, 2.45) is 5.41 Å². The van der Waals surface area contributed by atoms with Gasteiger partial charge in [-0.25, -0.2) is 4.57 Å². The van der Waals surface area contributed by atoms with E-state index in [1.807, 2.05) is 0 Å². The van der Waals surface area contributed by atoms with E-state index in [9.17, 15) is 0 Å². The highest BCUT2D eigenvalue weighted by Gasteiger charge is 2.47. The van der Waals surface area contributed by atoms with Crippen LogP contribution < -0.4 is 4.57 Å². The molecule has 214 valence electrons. The lowest BCUT2D eigenvalue weighted by molar-refractivity contribution is -0.705. The molecule has 1 aliphatic heterocycles. The number of hydrogen-bond donors (Lipinski definition) is 0. The predicted octanol–water partition coefficient (Wildman–Crippen LogP) is 10.7. The van der Waals surface area contributed by atoms with Crippen LogP contribution in [0.5, 0.6) is 0 Å². The minimum Gasteiger partial charge on any atom is -0.226 e. The molecular weight excluding hydrogens is 496 g/mol. The maximum atomic E-state index is 2.65. The molecule has 6 rings (SSSR count). The van der Waals surface area contributed by atoms with Crippen molar-refractivity contribution in [3.63, 3.8) is 0 Å². The van der Waals surface area contributed by atoms with E-state index in [0.717, 1.165) is 19.3 Å². The fourth-order valence-electron chi connectivity index (χ4n) is 8.15. The van der Waals surface area contributed by atoms with Crippen molar-refractivity contribution >= 4 is 27.3 Å². The highest BCUT2D eigenvalue weighted by Crippen LogP contribution is 2.49. The van der Waals surface area contributed by atoms with E-state index in [4.69, 9.17) is 0 Å². The number of hydrogen-bond acceptors (Lipinski definition) is 0. The molecule has 0 aliphatic carbocycles. The number of rotatable bonds is 6. The van der Waals surface area contributed by atoms with E-state index in [2.05, 4.69) is 139 Å². The number of imidazole rings is 1. The van der Waals surface area contributed by atoms with Crippen molar-refractivity contribution in [2.75, 3.05) is 0 Å². The van der Waals surface area contributed by atoms with Gasteiger partial charge in [0.05, 0.1) is 5.39 Å². The van der Waals surface area contributed by atoms with Gasteiger partial charge in [-0.3, -0.25) is 0 Å². The van der Waals surface area contributed by atoms with E-state index < -0.39 is 0 Å². The third kappa shape index (κ3) is 4.08. The second kappa shape index (κ2) is 9.72. The Morgan fingerprint density at radius 3 is 2.07 bits per heavy atom. The quantitative estimate of drug-likeness (QED) is 0.148. The zero-order chi connectivity index (χ0) is 29.4. The number of nitrogens with zero attached hydrogens (tertiary/aromatic N) is 2. The second-order valence-corrected chi connectivity index (χ2v) is 14.6. The summed E-state index contributed by atoms with van der Waals surface area (Å²) in [6, 6.07) is 21.8. The van der Waals surface area contributed by atoms with Crippen LogP contribution in [0, 0.1) is 5.41 Å². The van der Waals surface area contributed by atoms with Gasteiger partial charge in [0.2, 0.25) is 0 Å². The Labute approximate surface area is 247 Å². The van der Waals surface area contributed by atoms with Crippen LogP contribution in [0.3, 0.4) is 0 Å². The van der Waals surface area contributed by atoms with Crippen LogP contribution in [0.15, 0.2) is 60.8 Å². The third-order valence-corrected chi connectivity index (χ3v) is 10.2. The number of fused-ring (bicyclic) bond motifs is 3. The average molecular weight is 546 g/mol. The molecular formula is C39H49N2+. The Bertz CT molecular complexity index is 1760. The highest BCUT2D eigenvalue weighted by molar-refractivity contribution is 6.13. The first kappa shape index (κ1) is 28.0. The lowest BCUT2D eigenvalue weighted by atomic mass is 9.67. The standard InChI is InChI=1S/C39H49N2/c1-11-39(12-2)26(7)40-23-34(35-28(24(3)4)15-13-16-29(35)25(5)6)41-33-20-19-27(22-38(8,9)10)21-31(33)30-17-14-18-32(39)36(30)37(40)41/h13-21,23-26H,11-12,22H2,1-10H3/q+1. The van der Waals surface area contributed by atoms with Gasteiger partial charge in [-0.1, -0.05) is 105 Å². The summed E-state index contributed by atoms with van der Waals surface area (Å²) in [6.07, 6.45) is 5.85. The first-order valence-electron chi connectivity index (χ1n) is 16.0. The molecule has 2 nitrogen and oxygen atoms in total. The van der Waals surface area contributed by atoms with Crippen molar-refractivity contribution in [3.05, 3.63) is 83.0 Å². The average Bonchev–Trinajstić information content (AvgIpc) is 3.33. The summed E-state index contributed by atoms with van der Waals surface area (Å²) >= 11 is 0. The van der Waals surface area contributed by atoms with Gasteiger partial charge in [0.1, 0.15) is 17.8 Å². The van der Waals surface area contributed by atoms with E-state index in [0.29, 0.717) is 17.9 Å². The highest BCUT2D eigenvalue weighted by atomic mass is 15.2. The summed E-state index contributed by atoms with van der Waals surface area (Å²) < 4.78 is 5.29. The monoisotopic (exact) mass is 545 g/mol. The Morgan fingerprint density at radius 1 is 0.854 bits per heavy atom. The number of aromatic nitrogens is 2. The zero-order valence-electron chi connectivity index (χ0n) is 27.0. The summed E-state index contributed by atoms with van der Waals surface area (Å²) in [4.78, 5) is 0. The minimum absolute atomic E-state index is 0.103. The Balaban J connectivity index is 1.86. The minimum atomic E-state index is 0.103. The number of benzene rings is 3. The van der Waals surface area contributed by atoms with Gasteiger partial charge < -0.3 is 0 Å². The molecule has 0 saturated carbocycles. The Hall–Kier alpha value is -3.13. The van der Waals surface area contributed by atoms with Crippen molar-refractivity contribution in [1.82, 2.24) is 4.40 Å². The molecule has 41 heavy (non-hydrogen) atoms. The van der Waals surface area contributed by atoms with E-state index >= 15 is 0 Å². The van der Waals surface area contributed by atoms with Crippen LogP contribution >= 0.6 is 0 Å². The Kier molecular flexibility index (Phi) is 6.64. The van der Waals surface area contributed by atoms with Gasteiger partial charge in [-0.2, -0.15) is 4.40 Å². The molecule has 2 aromatic heterocycles. The van der Waals surface area contributed by atoms with E-state index in [-0.39, 0.29) is 10.8 Å². The Morgan fingerprint density at radius 2 is 1.49 bits per heavy atom. The molecule has 5 aromatic rings. The smallest absolute Gasteiger partial charge is 0.226 e. The topological polar surface area (TPSA) is 8.29 Å².